The van der Waals surface area contributed by atoms with Gasteiger partial charge in [0.15, 0.2) is 0 Å². The number of hydrogen-bond acceptors (Lipinski definition) is 3. The van der Waals surface area contributed by atoms with Gasteiger partial charge in [-0.3, -0.25) is 14.2 Å². The van der Waals surface area contributed by atoms with E-state index in [0.717, 1.165) is 12.0 Å². The summed E-state index contributed by atoms with van der Waals surface area (Å²) in [6.45, 7) is 8.53. The van der Waals surface area contributed by atoms with Gasteiger partial charge in [0.05, 0.1) is 23.3 Å². The molecule has 0 fully saturated rings. The summed E-state index contributed by atoms with van der Waals surface area (Å²) in [5.74, 6) is 0.551. The molecule has 0 spiro atoms. The smallest absolute Gasteiger partial charge is 0.269 e. The monoisotopic (exact) mass is 391 g/mol. The zero-order valence-corrected chi connectivity index (χ0v) is 17.6. The summed E-state index contributed by atoms with van der Waals surface area (Å²) in [5.41, 5.74) is 3.46. The molecule has 5 nitrogen and oxygen atoms in total. The van der Waals surface area contributed by atoms with E-state index in [0.29, 0.717) is 17.0 Å². The molecular formula is C24H29N3O2. The quantitative estimate of drug-likeness (QED) is 0.648. The lowest BCUT2D eigenvalue weighted by Crippen LogP contribution is -2.36. The van der Waals surface area contributed by atoms with Crippen molar-refractivity contribution < 1.29 is 4.79 Å². The van der Waals surface area contributed by atoms with Crippen molar-refractivity contribution in [2.45, 2.75) is 52.6 Å². The minimum atomic E-state index is -0.280. The van der Waals surface area contributed by atoms with E-state index in [2.05, 4.69) is 62.3 Å². The first-order valence-electron chi connectivity index (χ1n) is 10.2. The maximum absolute atomic E-state index is 12.8. The highest BCUT2D eigenvalue weighted by atomic mass is 16.2. The molecule has 0 bridgehead atoms. The minimum absolute atomic E-state index is 0.0317. The molecule has 3 aromatic rings. The van der Waals surface area contributed by atoms with Gasteiger partial charge in [-0.25, -0.2) is 4.98 Å². The normalized spacial score (nSPS) is 13.4. The zero-order valence-electron chi connectivity index (χ0n) is 17.6. The molecule has 0 aliphatic heterocycles. The van der Waals surface area contributed by atoms with Crippen molar-refractivity contribution in [2.75, 3.05) is 0 Å². The molecule has 3 rings (SSSR count). The van der Waals surface area contributed by atoms with Crippen LogP contribution < -0.4 is 10.9 Å². The first-order valence-corrected chi connectivity index (χ1v) is 10.2. The average molecular weight is 392 g/mol. The molecule has 2 aromatic carbocycles. The summed E-state index contributed by atoms with van der Waals surface area (Å²) >= 11 is 0. The number of nitrogens with one attached hydrogen (secondary N) is 1. The molecular weight excluding hydrogens is 362 g/mol. The molecule has 0 radical (unpaired) electrons. The summed E-state index contributed by atoms with van der Waals surface area (Å²) in [7, 11) is 0. The van der Waals surface area contributed by atoms with Gasteiger partial charge in [-0.15, -0.1) is 0 Å². The lowest BCUT2D eigenvalue weighted by molar-refractivity contribution is -0.122. The Morgan fingerprint density at radius 3 is 2.34 bits per heavy atom. The predicted molar refractivity (Wildman–Crippen MR) is 117 cm³/mol. The molecule has 1 aromatic heterocycles. The molecule has 1 heterocycles. The Kier molecular flexibility index (Phi) is 6.47. The van der Waals surface area contributed by atoms with Crippen LogP contribution in [0.5, 0.6) is 0 Å². The SMILES string of the molecule is CCC(C)c1ccc(C(NC(=O)Cn2c(=O)cnc3ccccc32)C(C)C)cc1. The van der Waals surface area contributed by atoms with E-state index in [1.165, 1.54) is 16.3 Å². The fraction of sp³-hybridized carbons (Fsp3) is 0.375. The van der Waals surface area contributed by atoms with E-state index in [9.17, 15) is 9.59 Å². The maximum Gasteiger partial charge on any atom is 0.269 e. The summed E-state index contributed by atoms with van der Waals surface area (Å²) in [5, 5.41) is 3.12. The Balaban J connectivity index is 1.81. The number of nitrogens with zero attached hydrogens (tertiary/aromatic N) is 2. The number of aromatic nitrogens is 2. The lowest BCUT2D eigenvalue weighted by Gasteiger charge is -2.24. The van der Waals surface area contributed by atoms with Crippen LogP contribution >= 0.6 is 0 Å². The Morgan fingerprint density at radius 2 is 1.69 bits per heavy atom. The molecule has 1 N–H and O–H groups in total. The van der Waals surface area contributed by atoms with Gasteiger partial charge < -0.3 is 5.32 Å². The standard InChI is InChI=1S/C24H29N3O2/c1-5-17(4)18-10-12-19(13-11-18)24(16(2)3)26-22(28)15-27-21-9-7-6-8-20(21)25-14-23(27)29/h6-14,16-17,24H,5,15H2,1-4H3,(H,26,28). The number of carbonyl (C=O) groups excluding carboxylic acids is 1. The zero-order chi connectivity index (χ0) is 21.0. The number of rotatable bonds is 7. The molecule has 0 aliphatic rings. The highest BCUT2D eigenvalue weighted by Gasteiger charge is 2.19. The Morgan fingerprint density at radius 1 is 1.03 bits per heavy atom. The van der Waals surface area contributed by atoms with Crippen LogP contribution in [0, 0.1) is 5.92 Å². The number of carbonyl (C=O) groups is 1. The largest absolute Gasteiger partial charge is 0.347 e. The van der Waals surface area contributed by atoms with Gasteiger partial charge in [0.2, 0.25) is 5.91 Å². The van der Waals surface area contributed by atoms with Crippen LogP contribution in [0.25, 0.3) is 11.0 Å². The number of hydrogen-bond donors (Lipinski definition) is 1. The molecule has 0 saturated heterocycles. The van der Waals surface area contributed by atoms with E-state index in [4.69, 9.17) is 0 Å². The van der Waals surface area contributed by atoms with Crippen molar-refractivity contribution in [1.29, 1.82) is 0 Å². The van der Waals surface area contributed by atoms with Gasteiger partial charge in [-0.05, 0) is 41.5 Å². The average Bonchev–Trinajstić information content (AvgIpc) is 2.73. The number of fused-ring (bicyclic) bond motifs is 1. The van der Waals surface area contributed by atoms with E-state index < -0.39 is 0 Å². The Bertz CT molecular complexity index is 1040. The Labute approximate surface area is 171 Å². The van der Waals surface area contributed by atoms with E-state index in [-0.39, 0.29) is 30.0 Å². The van der Waals surface area contributed by atoms with E-state index in [1.807, 2.05) is 24.3 Å². The van der Waals surface area contributed by atoms with Crippen LogP contribution in [0.15, 0.2) is 59.5 Å². The number of benzene rings is 2. The van der Waals surface area contributed by atoms with Gasteiger partial charge in [0.25, 0.3) is 5.56 Å². The summed E-state index contributed by atoms with van der Waals surface area (Å²) < 4.78 is 1.47. The van der Waals surface area contributed by atoms with Crippen LogP contribution in [-0.2, 0) is 11.3 Å². The highest BCUT2D eigenvalue weighted by molar-refractivity contribution is 5.80. The second-order valence-corrected chi connectivity index (χ2v) is 7.94. The molecule has 29 heavy (non-hydrogen) atoms. The summed E-state index contributed by atoms with van der Waals surface area (Å²) in [6, 6.07) is 15.7. The highest BCUT2D eigenvalue weighted by Crippen LogP contribution is 2.25. The molecule has 1 amide bonds. The molecule has 152 valence electrons. The van der Waals surface area contributed by atoms with Crippen molar-refractivity contribution >= 4 is 16.9 Å². The third-order valence-corrected chi connectivity index (χ3v) is 5.51. The predicted octanol–water partition coefficient (Wildman–Crippen LogP) is 4.42. The molecule has 5 heteroatoms. The van der Waals surface area contributed by atoms with Gasteiger partial charge in [-0.2, -0.15) is 0 Å². The van der Waals surface area contributed by atoms with Crippen molar-refractivity contribution in [3.8, 4) is 0 Å². The van der Waals surface area contributed by atoms with Gasteiger partial charge in [0.1, 0.15) is 6.54 Å². The van der Waals surface area contributed by atoms with Gasteiger partial charge in [-0.1, -0.05) is 64.1 Å². The lowest BCUT2D eigenvalue weighted by atomic mass is 9.92. The third-order valence-electron chi connectivity index (χ3n) is 5.51. The maximum atomic E-state index is 12.8. The van der Waals surface area contributed by atoms with Crippen molar-refractivity contribution in [3.05, 3.63) is 76.2 Å². The second-order valence-electron chi connectivity index (χ2n) is 7.94. The van der Waals surface area contributed by atoms with Crippen LogP contribution in [0.4, 0.5) is 0 Å². The van der Waals surface area contributed by atoms with Gasteiger partial charge >= 0.3 is 0 Å². The van der Waals surface area contributed by atoms with E-state index in [1.54, 1.807) is 0 Å². The minimum Gasteiger partial charge on any atom is -0.347 e. The van der Waals surface area contributed by atoms with Crippen LogP contribution in [0.2, 0.25) is 0 Å². The molecule has 0 saturated carbocycles. The van der Waals surface area contributed by atoms with Crippen LogP contribution in [0.1, 0.15) is 57.2 Å². The fourth-order valence-electron chi connectivity index (χ4n) is 3.54. The third kappa shape index (κ3) is 4.73. The molecule has 2 unspecified atom stereocenters. The molecule has 2 atom stereocenters. The van der Waals surface area contributed by atoms with E-state index >= 15 is 0 Å². The summed E-state index contributed by atoms with van der Waals surface area (Å²) in [6.07, 6.45) is 2.36. The Hall–Kier alpha value is -2.95. The van der Waals surface area contributed by atoms with Crippen LogP contribution in [-0.4, -0.2) is 15.5 Å². The van der Waals surface area contributed by atoms with Crippen molar-refractivity contribution in [3.63, 3.8) is 0 Å². The first-order chi connectivity index (χ1) is 13.9. The molecule has 0 aliphatic carbocycles. The second kappa shape index (κ2) is 9.03. The summed E-state index contributed by atoms with van der Waals surface area (Å²) in [4.78, 5) is 29.3. The van der Waals surface area contributed by atoms with Crippen molar-refractivity contribution in [1.82, 2.24) is 14.9 Å². The van der Waals surface area contributed by atoms with Crippen LogP contribution in [0.3, 0.4) is 0 Å². The number of para-hydroxylation sites is 2. The van der Waals surface area contributed by atoms with Crippen molar-refractivity contribution in [2.24, 2.45) is 5.92 Å². The fourth-order valence-corrected chi connectivity index (χ4v) is 3.54. The number of amides is 1. The topological polar surface area (TPSA) is 64.0 Å². The van der Waals surface area contributed by atoms with Gasteiger partial charge in [0, 0.05) is 0 Å². The first kappa shape index (κ1) is 20.8.